The van der Waals surface area contributed by atoms with Crippen molar-refractivity contribution in [3.8, 4) is 11.3 Å². The molecule has 34 heavy (non-hydrogen) atoms. The molecule has 1 amide bonds. The molecule has 1 N–H and O–H groups in total. The van der Waals surface area contributed by atoms with Crippen LogP contribution in [-0.2, 0) is 11.8 Å². The van der Waals surface area contributed by atoms with Gasteiger partial charge < -0.3 is 19.4 Å². The molecular formula is C28H35N5O. The molecule has 6 heteroatoms. The van der Waals surface area contributed by atoms with Gasteiger partial charge in [-0.15, -0.1) is 0 Å². The molecule has 0 radical (unpaired) electrons. The quantitative estimate of drug-likeness (QED) is 0.453. The molecule has 0 atom stereocenters. The Morgan fingerprint density at radius 2 is 1.94 bits per heavy atom. The molecule has 1 aliphatic rings. The van der Waals surface area contributed by atoms with E-state index in [1.165, 1.54) is 38.7 Å². The minimum Gasteiger partial charge on any atom is -0.354 e. The van der Waals surface area contributed by atoms with Crippen molar-refractivity contribution in [3.05, 3.63) is 53.9 Å². The molecule has 1 saturated heterocycles. The van der Waals surface area contributed by atoms with E-state index in [0.717, 1.165) is 31.6 Å². The van der Waals surface area contributed by atoms with Crippen LogP contribution in [0, 0.1) is 0 Å². The summed E-state index contributed by atoms with van der Waals surface area (Å²) >= 11 is 0. The first-order valence-corrected chi connectivity index (χ1v) is 12.3. The van der Waals surface area contributed by atoms with Crippen molar-refractivity contribution in [3.63, 3.8) is 0 Å². The van der Waals surface area contributed by atoms with Gasteiger partial charge >= 0.3 is 0 Å². The van der Waals surface area contributed by atoms with Crippen molar-refractivity contribution in [2.24, 2.45) is 7.05 Å². The fraction of sp³-hybridized carbons (Fsp3) is 0.429. The van der Waals surface area contributed by atoms with Crippen LogP contribution in [0.5, 0.6) is 0 Å². The van der Waals surface area contributed by atoms with Crippen LogP contribution in [0.3, 0.4) is 0 Å². The van der Waals surface area contributed by atoms with Gasteiger partial charge in [0, 0.05) is 54.4 Å². The number of H-pyrrole nitrogens is 1. The molecule has 0 bridgehead atoms. The summed E-state index contributed by atoms with van der Waals surface area (Å²) in [6.07, 6.45) is 6.09. The minimum absolute atomic E-state index is 0.237. The predicted octanol–water partition coefficient (Wildman–Crippen LogP) is 5.11. The van der Waals surface area contributed by atoms with Gasteiger partial charge in [-0.3, -0.25) is 4.79 Å². The van der Waals surface area contributed by atoms with Crippen LogP contribution in [-0.4, -0.2) is 64.0 Å². The van der Waals surface area contributed by atoms with Gasteiger partial charge in [-0.05, 0) is 74.2 Å². The van der Waals surface area contributed by atoms with E-state index in [1.807, 2.05) is 36.2 Å². The molecule has 4 heterocycles. The van der Waals surface area contributed by atoms with Crippen LogP contribution in [0.1, 0.15) is 49.7 Å². The van der Waals surface area contributed by atoms with Crippen molar-refractivity contribution in [2.75, 3.05) is 33.7 Å². The number of amides is 1. The number of hydrogen-bond acceptors (Lipinski definition) is 3. The maximum absolute atomic E-state index is 12.5. The molecule has 5 rings (SSSR count). The highest BCUT2D eigenvalue weighted by Crippen LogP contribution is 2.40. The Bertz CT molecular complexity index is 1340. The van der Waals surface area contributed by atoms with Gasteiger partial charge in [-0.1, -0.05) is 19.9 Å². The summed E-state index contributed by atoms with van der Waals surface area (Å²) in [4.78, 5) is 24.7. The number of carbonyl (C=O) groups is 1. The number of benzene rings is 1. The average molecular weight is 458 g/mol. The van der Waals surface area contributed by atoms with Gasteiger partial charge in [0.15, 0.2) is 0 Å². The van der Waals surface area contributed by atoms with Gasteiger partial charge in [0.1, 0.15) is 5.65 Å². The molecule has 4 aromatic rings. The minimum atomic E-state index is 0.237. The Kier molecular flexibility index (Phi) is 5.94. The van der Waals surface area contributed by atoms with Crippen molar-refractivity contribution in [2.45, 2.75) is 38.5 Å². The molecule has 3 aromatic heterocycles. The summed E-state index contributed by atoms with van der Waals surface area (Å²) in [5.41, 5.74) is 7.35. The number of pyridine rings is 1. The number of aryl methyl sites for hydroxylation is 1. The summed E-state index contributed by atoms with van der Waals surface area (Å²) in [5.74, 6) is 1.12. The number of fused-ring (bicyclic) bond motifs is 2. The molecule has 1 aliphatic heterocycles. The van der Waals surface area contributed by atoms with Gasteiger partial charge in [0.2, 0.25) is 5.91 Å². The number of hydrogen-bond donors (Lipinski definition) is 1. The fourth-order valence-electron chi connectivity index (χ4n) is 5.54. The highest BCUT2D eigenvalue weighted by molar-refractivity contribution is 5.99. The van der Waals surface area contributed by atoms with E-state index in [1.54, 1.807) is 0 Å². The molecule has 6 nitrogen and oxygen atoms in total. The van der Waals surface area contributed by atoms with Crippen LogP contribution in [0.4, 0.5) is 0 Å². The highest BCUT2D eigenvalue weighted by Gasteiger charge is 2.25. The molecule has 0 saturated carbocycles. The number of likely N-dealkylation sites (N-methyl/N-ethyl adjacent to an activating group) is 1. The van der Waals surface area contributed by atoms with Gasteiger partial charge in [-0.25, -0.2) is 4.98 Å². The van der Waals surface area contributed by atoms with Crippen molar-refractivity contribution < 1.29 is 4.79 Å². The molecule has 1 fully saturated rings. The number of rotatable bonds is 5. The summed E-state index contributed by atoms with van der Waals surface area (Å²) in [7, 11) is 5.96. The Balaban J connectivity index is 1.48. The van der Waals surface area contributed by atoms with E-state index in [2.05, 4.69) is 65.9 Å². The second-order valence-corrected chi connectivity index (χ2v) is 10.3. The Labute approximate surface area is 201 Å². The zero-order chi connectivity index (χ0) is 24.0. The Morgan fingerprint density at radius 1 is 1.18 bits per heavy atom. The predicted molar refractivity (Wildman–Crippen MR) is 139 cm³/mol. The van der Waals surface area contributed by atoms with Gasteiger partial charge in [0.25, 0.3) is 0 Å². The van der Waals surface area contributed by atoms with E-state index in [9.17, 15) is 4.79 Å². The molecular weight excluding hydrogens is 422 g/mol. The smallest absolute Gasteiger partial charge is 0.236 e. The zero-order valence-electron chi connectivity index (χ0n) is 20.9. The van der Waals surface area contributed by atoms with Crippen molar-refractivity contribution in [1.29, 1.82) is 0 Å². The molecule has 0 unspecified atom stereocenters. The summed E-state index contributed by atoms with van der Waals surface area (Å²) in [6.45, 7) is 6.72. The van der Waals surface area contributed by atoms with E-state index in [4.69, 9.17) is 0 Å². The SMILES string of the molecule is CC(C)c1c(-c2cn(C)c3ncccc23)[nH]c2ccc(C3CCN(C(=O)CN(C)C)CC3)cc12. The lowest BCUT2D eigenvalue weighted by atomic mass is 9.87. The second kappa shape index (κ2) is 8.91. The third-order valence-electron chi connectivity index (χ3n) is 7.21. The number of carbonyl (C=O) groups excluding carboxylic acids is 1. The molecule has 0 spiro atoms. The summed E-state index contributed by atoms with van der Waals surface area (Å²) < 4.78 is 2.11. The number of aromatic amines is 1. The fourth-order valence-corrected chi connectivity index (χ4v) is 5.54. The first kappa shape index (κ1) is 22.7. The molecule has 1 aromatic carbocycles. The lowest BCUT2D eigenvalue weighted by Gasteiger charge is -2.33. The molecule has 178 valence electrons. The lowest BCUT2D eigenvalue weighted by molar-refractivity contribution is -0.132. The first-order valence-electron chi connectivity index (χ1n) is 12.3. The van der Waals surface area contributed by atoms with E-state index in [-0.39, 0.29) is 5.91 Å². The van der Waals surface area contributed by atoms with Crippen LogP contribution in [0.15, 0.2) is 42.7 Å². The van der Waals surface area contributed by atoms with Crippen molar-refractivity contribution in [1.82, 2.24) is 24.3 Å². The van der Waals surface area contributed by atoms with Crippen LogP contribution in [0.2, 0.25) is 0 Å². The molecule has 0 aliphatic carbocycles. The van der Waals surface area contributed by atoms with Crippen LogP contribution < -0.4 is 0 Å². The Hall–Kier alpha value is -3.12. The normalized spacial score (nSPS) is 15.3. The summed E-state index contributed by atoms with van der Waals surface area (Å²) in [5, 5.41) is 2.49. The maximum Gasteiger partial charge on any atom is 0.236 e. The first-order chi connectivity index (χ1) is 16.3. The standard InChI is InChI=1S/C28H35N5O/c1-18(2)26-22-15-20(19-10-13-33(14-11-19)25(34)17-31(3)4)8-9-24(22)30-27(26)23-16-32(5)28-21(23)7-6-12-29-28/h6-9,12,15-16,18-19,30H,10-11,13-14,17H2,1-5H3. The van der Waals surface area contributed by atoms with Gasteiger partial charge in [0.05, 0.1) is 12.2 Å². The number of nitrogens with zero attached hydrogens (tertiary/aromatic N) is 4. The zero-order valence-corrected chi connectivity index (χ0v) is 20.9. The number of likely N-dealkylation sites (tertiary alicyclic amines) is 1. The van der Waals surface area contributed by atoms with Gasteiger partial charge in [-0.2, -0.15) is 0 Å². The maximum atomic E-state index is 12.5. The number of aromatic nitrogens is 3. The largest absolute Gasteiger partial charge is 0.354 e. The van der Waals surface area contributed by atoms with E-state index in [0.29, 0.717) is 18.4 Å². The highest BCUT2D eigenvalue weighted by atomic mass is 16.2. The van der Waals surface area contributed by atoms with E-state index >= 15 is 0 Å². The topological polar surface area (TPSA) is 57.2 Å². The van der Waals surface area contributed by atoms with Crippen LogP contribution >= 0.6 is 0 Å². The lowest BCUT2D eigenvalue weighted by Crippen LogP contribution is -2.42. The van der Waals surface area contributed by atoms with E-state index < -0.39 is 0 Å². The second-order valence-electron chi connectivity index (χ2n) is 10.3. The third kappa shape index (κ3) is 4.00. The summed E-state index contributed by atoms with van der Waals surface area (Å²) in [6, 6.07) is 11.1. The Morgan fingerprint density at radius 3 is 2.65 bits per heavy atom. The average Bonchev–Trinajstić information content (AvgIpc) is 3.36. The number of piperidine rings is 1. The number of nitrogens with one attached hydrogen (secondary N) is 1. The van der Waals surface area contributed by atoms with Crippen LogP contribution in [0.25, 0.3) is 33.2 Å². The van der Waals surface area contributed by atoms with Crippen molar-refractivity contribution >= 4 is 27.8 Å². The monoisotopic (exact) mass is 457 g/mol. The third-order valence-corrected chi connectivity index (χ3v) is 7.21.